The number of aryl methyl sites for hydroxylation is 1. The number of ether oxygens (including phenoxy) is 1. The van der Waals surface area contributed by atoms with Gasteiger partial charge in [-0.1, -0.05) is 12.1 Å². The monoisotopic (exact) mass is 497 g/mol. The summed E-state index contributed by atoms with van der Waals surface area (Å²) in [5, 5.41) is 9.07. The number of hydrogen-bond donors (Lipinski definition) is 3. The molecule has 1 unspecified atom stereocenters. The summed E-state index contributed by atoms with van der Waals surface area (Å²) in [5.74, 6) is 1.20. The summed E-state index contributed by atoms with van der Waals surface area (Å²) < 4.78 is 5.90. The van der Waals surface area contributed by atoms with Crippen molar-refractivity contribution >= 4 is 41.5 Å². The van der Waals surface area contributed by atoms with E-state index in [4.69, 9.17) is 4.74 Å². The Morgan fingerprint density at radius 2 is 2.07 bits per heavy atom. The number of guanidine groups is 1. The van der Waals surface area contributed by atoms with E-state index in [0.717, 1.165) is 11.3 Å². The molecule has 0 saturated heterocycles. The minimum atomic E-state index is -0.204. The molecule has 8 heteroatoms. The Labute approximate surface area is 183 Å². The number of nitrogens with one attached hydrogen (secondary N) is 3. The molecule has 1 heterocycles. The van der Waals surface area contributed by atoms with Gasteiger partial charge in [-0.2, -0.15) is 0 Å². The minimum absolute atomic E-state index is 0. The molecule has 7 nitrogen and oxygen atoms in total. The van der Waals surface area contributed by atoms with Crippen LogP contribution in [0.25, 0.3) is 0 Å². The first-order valence-electron chi connectivity index (χ1n) is 9.02. The lowest BCUT2D eigenvalue weighted by atomic mass is 10.2. The zero-order valence-electron chi connectivity index (χ0n) is 16.4. The molecular formula is C20H28IN5O2. The molecule has 2 rings (SSSR count). The molecule has 0 fully saturated rings. The maximum absolute atomic E-state index is 12.0. The first-order chi connectivity index (χ1) is 13.1. The number of nitrogens with zero attached hydrogens (tertiary/aromatic N) is 2. The molecule has 28 heavy (non-hydrogen) atoms. The normalized spacial score (nSPS) is 11.8. The number of rotatable bonds is 8. The van der Waals surface area contributed by atoms with E-state index in [1.54, 1.807) is 24.5 Å². The summed E-state index contributed by atoms with van der Waals surface area (Å²) in [7, 11) is 0. The molecule has 1 aromatic carbocycles. The van der Waals surface area contributed by atoms with Crippen LogP contribution in [0.15, 0.2) is 53.8 Å². The Bertz CT molecular complexity index is 755. The number of halogens is 1. The van der Waals surface area contributed by atoms with Crippen molar-refractivity contribution in [2.24, 2.45) is 4.99 Å². The standard InChI is InChI=1S/C20H27N5O2.HI/c1-4-22-20(24-14-19(26)25-17-8-6-10-21-13-17)23-12-16(3)27-18-9-5-7-15(2)11-18;/h5-11,13,16H,4,12,14H2,1-3H3,(H,25,26)(H2,22,23,24);1H. The first-order valence-corrected chi connectivity index (χ1v) is 9.02. The van der Waals surface area contributed by atoms with Gasteiger partial charge in [-0.15, -0.1) is 24.0 Å². The highest BCUT2D eigenvalue weighted by Gasteiger charge is 2.07. The van der Waals surface area contributed by atoms with Gasteiger partial charge in [0, 0.05) is 12.7 Å². The maximum atomic E-state index is 12.0. The highest BCUT2D eigenvalue weighted by molar-refractivity contribution is 14.0. The highest BCUT2D eigenvalue weighted by Crippen LogP contribution is 2.13. The second-order valence-corrected chi connectivity index (χ2v) is 6.11. The molecule has 2 aromatic rings. The summed E-state index contributed by atoms with van der Waals surface area (Å²) in [6.07, 6.45) is 3.19. The molecule has 0 radical (unpaired) electrons. The van der Waals surface area contributed by atoms with Crippen molar-refractivity contribution in [1.29, 1.82) is 0 Å². The quantitative estimate of drug-likeness (QED) is 0.297. The van der Waals surface area contributed by atoms with E-state index in [1.807, 2.05) is 45.0 Å². The topological polar surface area (TPSA) is 87.6 Å². The highest BCUT2D eigenvalue weighted by atomic mass is 127. The van der Waals surface area contributed by atoms with Crippen LogP contribution in [-0.4, -0.2) is 42.6 Å². The average molecular weight is 497 g/mol. The number of carbonyl (C=O) groups excluding carboxylic acids is 1. The first kappa shape index (κ1) is 23.7. The van der Waals surface area contributed by atoms with Gasteiger partial charge in [-0.25, -0.2) is 4.99 Å². The third-order valence-corrected chi connectivity index (χ3v) is 3.55. The molecule has 3 N–H and O–H groups in total. The van der Waals surface area contributed by atoms with Gasteiger partial charge in [-0.05, 0) is 50.6 Å². The van der Waals surface area contributed by atoms with Crippen LogP contribution >= 0.6 is 24.0 Å². The SMILES string of the molecule is CCNC(=NCC(=O)Nc1cccnc1)NCC(C)Oc1cccc(C)c1.I. The van der Waals surface area contributed by atoms with E-state index in [-0.39, 0.29) is 42.5 Å². The Kier molecular flexibility index (Phi) is 10.9. The molecule has 152 valence electrons. The average Bonchev–Trinajstić information content (AvgIpc) is 2.65. The van der Waals surface area contributed by atoms with Crippen LogP contribution in [0, 0.1) is 6.92 Å². The zero-order chi connectivity index (χ0) is 19.5. The van der Waals surface area contributed by atoms with Gasteiger partial charge < -0.3 is 20.7 Å². The van der Waals surface area contributed by atoms with E-state index in [2.05, 4.69) is 25.9 Å². The number of amides is 1. The summed E-state index contributed by atoms with van der Waals surface area (Å²) >= 11 is 0. The summed E-state index contributed by atoms with van der Waals surface area (Å²) in [5.41, 5.74) is 1.80. The lowest BCUT2D eigenvalue weighted by molar-refractivity contribution is -0.114. The van der Waals surface area contributed by atoms with E-state index >= 15 is 0 Å². The van der Waals surface area contributed by atoms with Crippen molar-refractivity contribution in [3.05, 3.63) is 54.4 Å². The maximum Gasteiger partial charge on any atom is 0.246 e. The van der Waals surface area contributed by atoms with E-state index in [1.165, 1.54) is 0 Å². The summed E-state index contributed by atoms with van der Waals surface area (Å²) in [6, 6.07) is 11.5. The molecule has 1 aromatic heterocycles. The molecule has 0 aliphatic carbocycles. The van der Waals surface area contributed by atoms with Crippen molar-refractivity contribution in [1.82, 2.24) is 15.6 Å². The smallest absolute Gasteiger partial charge is 0.246 e. The molecule has 1 atom stereocenters. The third-order valence-electron chi connectivity index (χ3n) is 3.55. The van der Waals surface area contributed by atoms with Crippen molar-refractivity contribution in [3.8, 4) is 5.75 Å². The minimum Gasteiger partial charge on any atom is -0.489 e. The number of aromatic nitrogens is 1. The third kappa shape index (κ3) is 9.03. The number of hydrogen-bond acceptors (Lipinski definition) is 4. The van der Waals surface area contributed by atoms with Gasteiger partial charge in [0.25, 0.3) is 0 Å². The lowest BCUT2D eigenvalue weighted by Crippen LogP contribution is -2.42. The van der Waals surface area contributed by atoms with E-state index in [0.29, 0.717) is 24.7 Å². The van der Waals surface area contributed by atoms with Crippen LogP contribution in [-0.2, 0) is 4.79 Å². The number of anilines is 1. The van der Waals surface area contributed by atoms with Gasteiger partial charge in [0.15, 0.2) is 5.96 Å². The van der Waals surface area contributed by atoms with E-state index < -0.39 is 0 Å². The van der Waals surface area contributed by atoms with Crippen molar-refractivity contribution in [2.45, 2.75) is 26.9 Å². The lowest BCUT2D eigenvalue weighted by Gasteiger charge is -2.18. The Hall–Kier alpha value is -2.36. The Balaban J connectivity index is 0.00000392. The van der Waals surface area contributed by atoms with Gasteiger partial charge in [-0.3, -0.25) is 9.78 Å². The molecule has 0 aliphatic heterocycles. The second kappa shape index (κ2) is 12.9. The van der Waals surface area contributed by atoms with Gasteiger partial charge >= 0.3 is 0 Å². The van der Waals surface area contributed by atoms with Crippen molar-refractivity contribution in [2.75, 3.05) is 25.0 Å². The van der Waals surface area contributed by atoms with Crippen LogP contribution < -0.4 is 20.7 Å². The molecular weight excluding hydrogens is 469 g/mol. The van der Waals surface area contributed by atoms with Crippen molar-refractivity contribution < 1.29 is 9.53 Å². The fraction of sp³-hybridized carbons (Fsp3) is 0.350. The number of pyridine rings is 1. The van der Waals surface area contributed by atoms with E-state index in [9.17, 15) is 4.79 Å². The predicted octanol–water partition coefficient (Wildman–Crippen LogP) is 2.97. The largest absolute Gasteiger partial charge is 0.489 e. The number of aliphatic imine (C=N–C) groups is 1. The van der Waals surface area contributed by atoms with Crippen LogP contribution in [0.1, 0.15) is 19.4 Å². The van der Waals surface area contributed by atoms with Gasteiger partial charge in [0.1, 0.15) is 18.4 Å². The molecule has 0 spiro atoms. The summed E-state index contributed by atoms with van der Waals surface area (Å²) in [6.45, 7) is 7.25. The number of benzene rings is 1. The molecule has 0 aliphatic rings. The summed E-state index contributed by atoms with van der Waals surface area (Å²) in [4.78, 5) is 20.3. The molecule has 1 amide bonds. The predicted molar refractivity (Wildman–Crippen MR) is 124 cm³/mol. The fourth-order valence-electron chi connectivity index (χ4n) is 2.33. The fourth-order valence-corrected chi connectivity index (χ4v) is 2.33. The van der Waals surface area contributed by atoms with Crippen LogP contribution in [0.3, 0.4) is 0 Å². The second-order valence-electron chi connectivity index (χ2n) is 6.11. The van der Waals surface area contributed by atoms with Crippen LogP contribution in [0.5, 0.6) is 5.75 Å². The van der Waals surface area contributed by atoms with Crippen LogP contribution in [0.2, 0.25) is 0 Å². The molecule has 0 bridgehead atoms. The zero-order valence-corrected chi connectivity index (χ0v) is 18.8. The number of carbonyl (C=O) groups is 1. The van der Waals surface area contributed by atoms with Crippen molar-refractivity contribution in [3.63, 3.8) is 0 Å². The van der Waals surface area contributed by atoms with Gasteiger partial charge in [0.05, 0.1) is 18.4 Å². The Morgan fingerprint density at radius 3 is 2.75 bits per heavy atom. The Morgan fingerprint density at radius 1 is 1.25 bits per heavy atom. The van der Waals surface area contributed by atoms with Crippen LogP contribution in [0.4, 0.5) is 5.69 Å². The molecule has 0 saturated carbocycles. The van der Waals surface area contributed by atoms with Gasteiger partial charge in [0.2, 0.25) is 5.91 Å².